The topological polar surface area (TPSA) is 32.8 Å². The number of nitrogens with zero attached hydrogens (tertiary/aromatic N) is 2. The molecule has 1 saturated heterocycles. The molecule has 0 aromatic rings. The maximum absolute atomic E-state index is 11.8. The van der Waals surface area contributed by atoms with E-state index in [-0.39, 0.29) is 6.09 Å². The zero-order chi connectivity index (χ0) is 13.6. The highest BCUT2D eigenvalue weighted by Gasteiger charge is 2.27. The van der Waals surface area contributed by atoms with Crippen LogP contribution in [0.15, 0.2) is 0 Å². The maximum atomic E-state index is 11.8. The number of likely N-dealkylation sites (N-methyl/N-ethyl adjacent to an activating group) is 1. The van der Waals surface area contributed by atoms with Gasteiger partial charge in [0, 0.05) is 25.7 Å². The van der Waals surface area contributed by atoms with Crippen molar-refractivity contribution < 1.29 is 9.53 Å². The Labute approximate surface area is 106 Å². The van der Waals surface area contributed by atoms with Gasteiger partial charge in [0.05, 0.1) is 0 Å². The molecule has 1 rings (SSSR count). The number of carbonyl (C=O) groups is 1. The number of rotatable bonds is 0. The molecule has 1 fully saturated rings. The molecule has 1 aliphatic heterocycles. The van der Waals surface area contributed by atoms with Crippen LogP contribution >= 0.6 is 0 Å². The van der Waals surface area contributed by atoms with E-state index in [1.165, 1.54) is 0 Å². The summed E-state index contributed by atoms with van der Waals surface area (Å²) < 4.78 is 5.33. The van der Waals surface area contributed by atoms with Gasteiger partial charge in [0.1, 0.15) is 5.60 Å². The first-order valence-corrected chi connectivity index (χ1v) is 6.48. The Morgan fingerprint density at radius 2 is 1.76 bits per heavy atom. The fourth-order valence-electron chi connectivity index (χ4n) is 1.54. The van der Waals surface area contributed by atoms with E-state index < -0.39 is 5.60 Å². The predicted octanol–water partition coefficient (Wildman–Crippen LogP) is 2.58. The minimum atomic E-state index is -0.399. The van der Waals surface area contributed by atoms with E-state index in [9.17, 15) is 4.79 Å². The quantitative estimate of drug-likeness (QED) is 0.656. The lowest BCUT2D eigenvalue weighted by molar-refractivity contribution is 0.00930. The first kappa shape index (κ1) is 16.2. The second-order valence-corrected chi connectivity index (χ2v) is 5.26. The van der Waals surface area contributed by atoms with Crippen LogP contribution in [0, 0.1) is 0 Å². The molecule has 0 bridgehead atoms. The van der Waals surface area contributed by atoms with Gasteiger partial charge in [-0.2, -0.15) is 0 Å². The zero-order valence-electron chi connectivity index (χ0n) is 12.4. The van der Waals surface area contributed by atoms with Crippen LogP contribution in [-0.2, 0) is 4.74 Å². The molecule has 1 unspecified atom stereocenters. The molecule has 1 heterocycles. The van der Waals surface area contributed by atoms with Crippen molar-refractivity contribution in [3.63, 3.8) is 0 Å². The van der Waals surface area contributed by atoms with Crippen LogP contribution in [0.25, 0.3) is 0 Å². The Hall–Kier alpha value is -0.770. The van der Waals surface area contributed by atoms with Crippen LogP contribution < -0.4 is 0 Å². The van der Waals surface area contributed by atoms with E-state index >= 15 is 0 Å². The first-order valence-electron chi connectivity index (χ1n) is 6.48. The number of amides is 1. The Morgan fingerprint density at radius 1 is 1.24 bits per heavy atom. The normalized spacial score (nSPS) is 21.6. The fraction of sp³-hybridized carbons (Fsp3) is 0.923. The molecule has 4 heteroatoms. The molecule has 17 heavy (non-hydrogen) atoms. The van der Waals surface area contributed by atoms with Gasteiger partial charge in [-0.1, -0.05) is 13.8 Å². The fourth-order valence-corrected chi connectivity index (χ4v) is 1.54. The molecule has 4 nitrogen and oxygen atoms in total. The van der Waals surface area contributed by atoms with Crippen molar-refractivity contribution in [1.29, 1.82) is 0 Å². The van der Waals surface area contributed by atoms with Gasteiger partial charge < -0.3 is 14.5 Å². The third-order valence-electron chi connectivity index (χ3n) is 2.61. The lowest BCUT2D eigenvalue weighted by Crippen LogP contribution is -2.52. The highest BCUT2D eigenvalue weighted by Crippen LogP contribution is 2.13. The molecule has 102 valence electrons. The van der Waals surface area contributed by atoms with Gasteiger partial charge >= 0.3 is 6.09 Å². The van der Waals surface area contributed by atoms with Crippen LogP contribution in [0.4, 0.5) is 4.79 Å². The van der Waals surface area contributed by atoms with Gasteiger partial charge in [0.2, 0.25) is 0 Å². The van der Waals surface area contributed by atoms with E-state index in [0.29, 0.717) is 6.04 Å². The molecular weight excluding hydrogens is 216 g/mol. The second-order valence-electron chi connectivity index (χ2n) is 5.26. The Kier molecular flexibility index (Phi) is 6.53. The first-order chi connectivity index (χ1) is 7.79. The third-order valence-corrected chi connectivity index (χ3v) is 2.61. The van der Waals surface area contributed by atoms with Gasteiger partial charge in [-0.3, -0.25) is 0 Å². The number of ether oxygens (including phenoxy) is 1. The molecule has 1 aliphatic rings. The van der Waals surface area contributed by atoms with Crippen molar-refractivity contribution in [3.8, 4) is 0 Å². The van der Waals surface area contributed by atoms with Crippen LogP contribution in [0.1, 0.15) is 41.5 Å². The lowest BCUT2D eigenvalue weighted by atomic mass is 10.2. The summed E-state index contributed by atoms with van der Waals surface area (Å²) in [7, 11) is 2.08. The Bertz CT molecular complexity index is 236. The molecule has 0 saturated carbocycles. The van der Waals surface area contributed by atoms with Gasteiger partial charge in [-0.05, 0) is 34.7 Å². The summed E-state index contributed by atoms with van der Waals surface area (Å²) in [5, 5.41) is 0. The maximum Gasteiger partial charge on any atom is 0.410 e. The van der Waals surface area contributed by atoms with Gasteiger partial charge in [-0.15, -0.1) is 0 Å². The molecule has 0 aliphatic carbocycles. The standard InChI is InChI=1S/C11H22N2O2.C2H6/c1-9-8-13(7-6-12(9)5)10(14)15-11(2,3)4;1-2/h9H,6-8H2,1-5H3;1-2H3. The van der Waals surface area contributed by atoms with Crippen LogP contribution in [0.3, 0.4) is 0 Å². The summed E-state index contributed by atoms with van der Waals surface area (Å²) in [6.07, 6.45) is -0.192. The third kappa shape index (κ3) is 5.91. The van der Waals surface area contributed by atoms with E-state index in [1.54, 1.807) is 4.90 Å². The zero-order valence-corrected chi connectivity index (χ0v) is 12.4. The average molecular weight is 244 g/mol. The summed E-state index contributed by atoms with van der Waals surface area (Å²) in [5.41, 5.74) is -0.399. The molecule has 0 aromatic heterocycles. The van der Waals surface area contributed by atoms with E-state index in [4.69, 9.17) is 4.74 Å². The predicted molar refractivity (Wildman–Crippen MR) is 71.2 cm³/mol. The second kappa shape index (κ2) is 6.84. The highest BCUT2D eigenvalue weighted by atomic mass is 16.6. The average Bonchev–Trinajstić information content (AvgIpc) is 2.22. The summed E-state index contributed by atoms with van der Waals surface area (Å²) in [6.45, 7) is 14.2. The minimum absolute atomic E-state index is 0.192. The molecule has 0 aromatic carbocycles. The smallest absolute Gasteiger partial charge is 0.410 e. The van der Waals surface area contributed by atoms with E-state index in [0.717, 1.165) is 19.6 Å². The van der Waals surface area contributed by atoms with Crippen molar-refractivity contribution in [3.05, 3.63) is 0 Å². The van der Waals surface area contributed by atoms with Crippen LogP contribution in [0.2, 0.25) is 0 Å². The highest BCUT2D eigenvalue weighted by molar-refractivity contribution is 5.68. The molecule has 1 amide bonds. The number of carbonyl (C=O) groups excluding carboxylic acids is 1. The molecule has 0 N–H and O–H groups in total. The van der Waals surface area contributed by atoms with Crippen molar-refractivity contribution in [2.75, 3.05) is 26.7 Å². The van der Waals surface area contributed by atoms with E-state index in [2.05, 4.69) is 18.9 Å². The van der Waals surface area contributed by atoms with Gasteiger partial charge in [0.25, 0.3) is 0 Å². The summed E-state index contributed by atoms with van der Waals surface area (Å²) >= 11 is 0. The van der Waals surface area contributed by atoms with Gasteiger partial charge in [-0.25, -0.2) is 4.79 Å². The van der Waals surface area contributed by atoms with Crippen molar-refractivity contribution in [2.45, 2.75) is 53.2 Å². The van der Waals surface area contributed by atoms with Crippen molar-refractivity contribution in [1.82, 2.24) is 9.80 Å². The molecule has 1 atom stereocenters. The number of piperazine rings is 1. The largest absolute Gasteiger partial charge is 0.444 e. The van der Waals surface area contributed by atoms with Gasteiger partial charge in [0.15, 0.2) is 0 Å². The number of hydrogen-bond donors (Lipinski definition) is 0. The summed E-state index contributed by atoms with van der Waals surface area (Å²) in [6, 6.07) is 0.409. The SMILES string of the molecule is CC.CC1CN(C(=O)OC(C)(C)C)CCN1C. The number of hydrogen-bond acceptors (Lipinski definition) is 3. The lowest BCUT2D eigenvalue weighted by Gasteiger charge is -2.38. The summed E-state index contributed by atoms with van der Waals surface area (Å²) in [5.74, 6) is 0. The monoisotopic (exact) mass is 244 g/mol. The Balaban J connectivity index is 0.00000121. The Morgan fingerprint density at radius 3 is 2.18 bits per heavy atom. The van der Waals surface area contributed by atoms with Crippen molar-refractivity contribution >= 4 is 6.09 Å². The van der Waals surface area contributed by atoms with Crippen LogP contribution in [-0.4, -0.2) is 54.2 Å². The minimum Gasteiger partial charge on any atom is -0.444 e. The summed E-state index contributed by atoms with van der Waals surface area (Å²) in [4.78, 5) is 15.8. The van der Waals surface area contributed by atoms with E-state index in [1.807, 2.05) is 34.6 Å². The molecule has 0 radical (unpaired) electrons. The molecule has 0 spiro atoms. The molecular formula is C13H28N2O2. The van der Waals surface area contributed by atoms with Crippen LogP contribution in [0.5, 0.6) is 0 Å². The van der Waals surface area contributed by atoms with Crippen molar-refractivity contribution in [2.24, 2.45) is 0 Å².